The number of hydrogen-bond donors (Lipinski definition) is 2. The molecule has 4 rings (SSSR count). The summed E-state index contributed by atoms with van der Waals surface area (Å²) in [7, 11) is -0.484. The lowest BCUT2D eigenvalue weighted by molar-refractivity contribution is 0.0281. The number of anilines is 1. The summed E-state index contributed by atoms with van der Waals surface area (Å²) < 4.78 is 40.6. The fraction of sp³-hybridized carbons (Fsp3) is 0.345. The summed E-state index contributed by atoms with van der Waals surface area (Å²) in [6.07, 6.45) is -0.133. The number of sulfonamides is 1. The molecular weight excluding hydrogens is 502 g/mol. The molecule has 0 aromatic heterocycles. The van der Waals surface area contributed by atoms with Gasteiger partial charge in [0, 0.05) is 39.4 Å². The average molecular weight is 538 g/mol. The molecule has 1 aliphatic heterocycles. The van der Waals surface area contributed by atoms with Gasteiger partial charge in [0.05, 0.1) is 22.3 Å². The van der Waals surface area contributed by atoms with E-state index < -0.39 is 10.0 Å². The molecule has 3 atom stereocenters. The fourth-order valence-corrected chi connectivity index (χ4v) is 5.44. The normalized spacial score (nSPS) is 21.0. The smallest absolute Gasteiger partial charge is 0.261 e. The Morgan fingerprint density at radius 1 is 1.00 bits per heavy atom. The second-order valence-electron chi connectivity index (χ2n) is 9.76. The van der Waals surface area contributed by atoms with E-state index >= 15 is 0 Å². The summed E-state index contributed by atoms with van der Waals surface area (Å²) in [4.78, 5) is 15.1. The van der Waals surface area contributed by atoms with Gasteiger partial charge in [-0.1, -0.05) is 49.4 Å². The van der Waals surface area contributed by atoms with Gasteiger partial charge in [-0.05, 0) is 48.2 Å². The van der Waals surface area contributed by atoms with Crippen molar-refractivity contribution in [1.82, 2.24) is 10.2 Å². The molecule has 1 amide bonds. The van der Waals surface area contributed by atoms with E-state index in [1.54, 1.807) is 61.5 Å². The average Bonchev–Trinajstić information content (AvgIpc) is 2.93. The largest absolute Gasteiger partial charge is 0.491 e. The SMILES string of the molecule is CO[C@H]1CN(C)C(=O)c2ccc(NS(=O)(=O)c3ccc(-c4ccccc4)cc3)cc2OC[C@H](C)NC[C@H]1C. The maximum absolute atomic E-state index is 13.3. The van der Waals surface area contributed by atoms with Crippen LogP contribution in [0.3, 0.4) is 0 Å². The Labute approximate surface area is 225 Å². The second kappa shape index (κ2) is 12.0. The van der Waals surface area contributed by atoms with Gasteiger partial charge in [0.1, 0.15) is 12.4 Å². The molecule has 3 aromatic rings. The van der Waals surface area contributed by atoms with Gasteiger partial charge >= 0.3 is 0 Å². The van der Waals surface area contributed by atoms with E-state index in [9.17, 15) is 13.2 Å². The first-order chi connectivity index (χ1) is 18.2. The lowest BCUT2D eigenvalue weighted by atomic mass is 10.0. The van der Waals surface area contributed by atoms with Crippen LogP contribution in [-0.2, 0) is 14.8 Å². The lowest BCUT2D eigenvalue weighted by Crippen LogP contribution is -2.44. The highest BCUT2D eigenvalue weighted by Crippen LogP contribution is 2.28. The Bertz CT molecular complexity index is 1350. The monoisotopic (exact) mass is 537 g/mol. The van der Waals surface area contributed by atoms with Crippen LogP contribution in [0.15, 0.2) is 77.7 Å². The van der Waals surface area contributed by atoms with Gasteiger partial charge in [-0.15, -0.1) is 0 Å². The number of methoxy groups -OCH3 is 1. The van der Waals surface area contributed by atoms with Crippen LogP contribution in [0.2, 0.25) is 0 Å². The molecule has 202 valence electrons. The summed E-state index contributed by atoms with van der Waals surface area (Å²) in [5, 5.41) is 3.44. The van der Waals surface area contributed by atoms with Gasteiger partial charge in [-0.25, -0.2) is 8.42 Å². The molecule has 0 saturated carbocycles. The van der Waals surface area contributed by atoms with Gasteiger partial charge in [0.15, 0.2) is 0 Å². The highest BCUT2D eigenvalue weighted by atomic mass is 32.2. The van der Waals surface area contributed by atoms with E-state index in [0.29, 0.717) is 36.7 Å². The van der Waals surface area contributed by atoms with E-state index in [2.05, 4.69) is 17.0 Å². The number of likely N-dealkylation sites (N-methyl/N-ethyl adjacent to an activating group) is 1. The summed E-state index contributed by atoms with van der Waals surface area (Å²) in [5.41, 5.74) is 2.60. The molecule has 0 spiro atoms. The first-order valence-corrected chi connectivity index (χ1v) is 14.1. The van der Waals surface area contributed by atoms with Gasteiger partial charge < -0.3 is 19.7 Å². The minimum absolute atomic E-state index is 0.0125. The Morgan fingerprint density at radius 3 is 2.37 bits per heavy atom. The van der Waals surface area contributed by atoms with Crippen LogP contribution in [0, 0.1) is 5.92 Å². The predicted octanol–water partition coefficient (Wildman–Crippen LogP) is 4.25. The number of hydrogen-bond acceptors (Lipinski definition) is 6. The topological polar surface area (TPSA) is 97.0 Å². The van der Waals surface area contributed by atoms with Crippen molar-refractivity contribution in [2.45, 2.75) is 30.9 Å². The maximum atomic E-state index is 13.3. The highest BCUT2D eigenvalue weighted by molar-refractivity contribution is 7.92. The van der Waals surface area contributed by atoms with Crippen LogP contribution >= 0.6 is 0 Å². The van der Waals surface area contributed by atoms with Crippen molar-refractivity contribution in [2.24, 2.45) is 5.92 Å². The Hall–Kier alpha value is -3.40. The zero-order valence-electron chi connectivity index (χ0n) is 22.2. The Kier molecular flexibility index (Phi) is 8.71. The minimum atomic E-state index is -3.86. The third-order valence-electron chi connectivity index (χ3n) is 6.75. The molecule has 2 N–H and O–H groups in total. The van der Waals surface area contributed by atoms with E-state index in [-0.39, 0.29) is 28.9 Å². The molecule has 38 heavy (non-hydrogen) atoms. The van der Waals surface area contributed by atoms with Crippen LogP contribution in [-0.4, -0.2) is 65.2 Å². The highest BCUT2D eigenvalue weighted by Gasteiger charge is 2.26. The summed E-state index contributed by atoms with van der Waals surface area (Å²) >= 11 is 0. The van der Waals surface area contributed by atoms with Crippen LogP contribution in [0.25, 0.3) is 11.1 Å². The molecule has 0 radical (unpaired) electrons. The number of rotatable bonds is 5. The van der Waals surface area contributed by atoms with Crippen molar-refractivity contribution in [2.75, 3.05) is 38.6 Å². The number of ether oxygens (including phenoxy) is 2. The van der Waals surface area contributed by atoms with Crippen LogP contribution in [0.1, 0.15) is 24.2 Å². The van der Waals surface area contributed by atoms with E-state index in [4.69, 9.17) is 9.47 Å². The molecule has 0 fully saturated rings. The molecule has 8 nitrogen and oxygen atoms in total. The predicted molar refractivity (Wildman–Crippen MR) is 149 cm³/mol. The first kappa shape index (κ1) is 27.6. The van der Waals surface area contributed by atoms with Crippen molar-refractivity contribution in [3.8, 4) is 16.9 Å². The van der Waals surface area contributed by atoms with Crippen molar-refractivity contribution in [3.63, 3.8) is 0 Å². The van der Waals surface area contributed by atoms with Crippen LogP contribution < -0.4 is 14.8 Å². The lowest BCUT2D eigenvalue weighted by Gasteiger charge is -2.30. The number of carbonyl (C=O) groups excluding carboxylic acids is 1. The molecule has 0 saturated heterocycles. The van der Waals surface area contributed by atoms with Gasteiger partial charge in [-0.3, -0.25) is 9.52 Å². The van der Waals surface area contributed by atoms with Gasteiger partial charge in [0.2, 0.25) is 0 Å². The molecule has 1 heterocycles. The third kappa shape index (κ3) is 6.53. The summed E-state index contributed by atoms with van der Waals surface area (Å²) in [5.74, 6) is 0.286. The van der Waals surface area contributed by atoms with Crippen molar-refractivity contribution < 1.29 is 22.7 Å². The third-order valence-corrected chi connectivity index (χ3v) is 8.15. The first-order valence-electron chi connectivity index (χ1n) is 12.6. The van der Waals surface area contributed by atoms with Crippen LogP contribution in [0.4, 0.5) is 5.69 Å². The van der Waals surface area contributed by atoms with E-state index in [0.717, 1.165) is 11.1 Å². The zero-order chi connectivity index (χ0) is 27.3. The molecule has 1 aliphatic rings. The van der Waals surface area contributed by atoms with Crippen molar-refractivity contribution >= 4 is 21.6 Å². The standard InChI is InChI=1S/C29H35N3O5S/c1-20-17-30-21(2)19-37-27-16-24(12-15-26(27)29(33)32(3)18-28(20)36-4)31-38(34,35)25-13-10-23(11-14-25)22-8-6-5-7-9-22/h5-16,20-21,28,30-31H,17-19H2,1-4H3/t20-,21+,28+/m1/s1. The molecule has 0 bridgehead atoms. The number of fused-ring (bicyclic) bond motifs is 1. The van der Waals surface area contributed by atoms with Gasteiger partial charge in [0.25, 0.3) is 15.9 Å². The number of carbonyl (C=O) groups is 1. The molecule has 9 heteroatoms. The number of nitrogens with one attached hydrogen (secondary N) is 2. The molecule has 0 aliphatic carbocycles. The van der Waals surface area contributed by atoms with E-state index in [1.807, 2.05) is 37.3 Å². The number of benzene rings is 3. The molecule has 0 unspecified atom stereocenters. The fourth-order valence-electron chi connectivity index (χ4n) is 4.39. The number of nitrogens with zero attached hydrogens (tertiary/aromatic N) is 1. The summed E-state index contributed by atoms with van der Waals surface area (Å²) in [6, 6.07) is 21.2. The zero-order valence-corrected chi connectivity index (χ0v) is 23.0. The summed E-state index contributed by atoms with van der Waals surface area (Å²) in [6.45, 7) is 5.52. The van der Waals surface area contributed by atoms with Crippen LogP contribution in [0.5, 0.6) is 5.75 Å². The Balaban J connectivity index is 1.58. The number of amides is 1. The molecule has 3 aromatic carbocycles. The van der Waals surface area contributed by atoms with Crippen molar-refractivity contribution in [1.29, 1.82) is 0 Å². The van der Waals surface area contributed by atoms with Gasteiger partial charge in [-0.2, -0.15) is 0 Å². The second-order valence-corrected chi connectivity index (χ2v) is 11.4. The molecular formula is C29H35N3O5S. The Morgan fingerprint density at radius 2 is 1.68 bits per heavy atom. The van der Waals surface area contributed by atoms with Crippen molar-refractivity contribution in [3.05, 3.63) is 78.4 Å². The maximum Gasteiger partial charge on any atom is 0.261 e. The minimum Gasteiger partial charge on any atom is -0.491 e. The van der Waals surface area contributed by atoms with E-state index in [1.165, 1.54) is 0 Å². The quantitative estimate of drug-likeness (QED) is 0.505.